The molecule has 0 bridgehead atoms. The predicted molar refractivity (Wildman–Crippen MR) is 116 cm³/mol. The van der Waals surface area contributed by atoms with Gasteiger partial charge in [-0.3, -0.25) is 9.59 Å². The third-order valence-corrected chi connectivity index (χ3v) is 5.55. The number of nitrogens with one attached hydrogen (secondary N) is 1. The SMILES string of the molecule is O=C(CN1C[C@H](C(=O)N2CCOCC2)Oc2ccccc21)Nc1ccc(Cl)cc1Cl. The van der Waals surface area contributed by atoms with E-state index in [1.54, 1.807) is 29.2 Å². The Labute approximate surface area is 184 Å². The molecule has 1 N–H and O–H groups in total. The Balaban J connectivity index is 1.49. The van der Waals surface area contributed by atoms with Gasteiger partial charge in [0, 0.05) is 18.1 Å². The number of rotatable bonds is 4. The van der Waals surface area contributed by atoms with E-state index in [1.165, 1.54) is 0 Å². The van der Waals surface area contributed by atoms with Crippen molar-refractivity contribution in [2.24, 2.45) is 0 Å². The number of carbonyl (C=O) groups excluding carboxylic acids is 2. The van der Waals surface area contributed by atoms with Gasteiger partial charge in [0.2, 0.25) is 5.91 Å². The van der Waals surface area contributed by atoms with Gasteiger partial charge in [-0.05, 0) is 30.3 Å². The molecular formula is C21H21Cl2N3O4. The van der Waals surface area contributed by atoms with Crippen molar-refractivity contribution in [3.8, 4) is 5.75 Å². The van der Waals surface area contributed by atoms with Gasteiger partial charge in [-0.25, -0.2) is 0 Å². The Bertz CT molecular complexity index is 950. The quantitative estimate of drug-likeness (QED) is 0.776. The molecule has 2 heterocycles. The van der Waals surface area contributed by atoms with E-state index in [0.717, 1.165) is 5.69 Å². The fourth-order valence-electron chi connectivity index (χ4n) is 3.53. The second kappa shape index (κ2) is 9.12. The first-order valence-electron chi connectivity index (χ1n) is 9.63. The fraction of sp³-hybridized carbons (Fsp3) is 0.333. The highest BCUT2D eigenvalue weighted by molar-refractivity contribution is 6.36. The number of para-hydroxylation sites is 2. The van der Waals surface area contributed by atoms with Gasteiger partial charge in [0.1, 0.15) is 5.75 Å². The van der Waals surface area contributed by atoms with Gasteiger partial charge in [-0.1, -0.05) is 35.3 Å². The Morgan fingerprint density at radius 1 is 1.10 bits per heavy atom. The Kier molecular flexibility index (Phi) is 6.32. The third kappa shape index (κ3) is 4.64. The summed E-state index contributed by atoms with van der Waals surface area (Å²) >= 11 is 12.1. The molecule has 2 aromatic carbocycles. The molecular weight excluding hydrogens is 429 g/mol. The van der Waals surface area contributed by atoms with Gasteiger partial charge in [-0.15, -0.1) is 0 Å². The monoisotopic (exact) mass is 449 g/mol. The summed E-state index contributed by atoms with van der Waals surface area (Å²) in [5.41, 5.74) is 1.24. The maximum Gasteiger partial charge on any atom is 0.265 e. The second-order valence-electron chi connectivity index (χ2n) is 7.06. The lowest BCUT2D eigenvalue weighted by atomic mass is 10.1. The van der Waals surface area contributed by atoms with Crippen LogP contribution in [0.3, 0.4) is 0 Å². The van der Waals surface area contributed by atoms with E-state index >= 15 is 0 Å². The van der Waals surface area contributed by atoms with Crippen LogP contribution in [0.4, 0.5) is 11.4 Å². The minimum absolute atomic E-state index is 0.0478. The molecule has 0 spiro atoms. The minimum Gasteiger partial charge on any atom is -0.477 e. The molecule has 158 valence electrons. The zero-order valence-corrected chi connectivity index (χ0v) is 17.7. The number of benzene rings is 2. The largest absolute Gasteiger partial charge is 0.477 e. The molecule has 2 aliphatic rings. The van der Waals surface area contributed by atoms with Crippen LogP contribution in [0, 0.1) is 0 Å². The van der Waals surface area contributed by atoms with Gasteiger partial charge in [0.25, 0.3) is 5.91 Å². The maximum absolute atomic E-state index is 13.0. The summed E-state index contributed by atoms with van der Waals surface area (Å²) in [5.74, 6) is 0.222. The number of hydrogen-bond donors (Lipinski definition) is 1. The maximum atomic E-state index is 13.0. The van der Waals surface area contributed by atoms with E-state index in [1.807, 2.05) is 23.1 Å². The molecule has 2 amide bonds. The van der Waals surface area contributed by atoms with Crippen molar-refractivity contribution in [3.05, 3.63) is 52.5 Å². The van der Waals surface area contributed by atoms with E-state index in [9.17, 15) is 9.59 Å². The van der Waals surface area contributed by atoms with Crippen molar-refractivity contribution < 1.29 is 19.1 Å². The fourth-order valence-corrected chi connectivity index (χ4v) is 3.98. The molecule has 9 heteroatoms. The van der Waals surface area contributed by atoms with Gasteiger partial charge in [0.05, 0.1) is 42.7 Å². The van der Waals surface area contributed by atoms with Crippen molar-refractivity contribution in [1.82, 2.24) is 4.90 Å². The Morgan fingerprint density at radius 2 is 1.87 bits per heavy atom. The van der Waals surface area contributed by atoms with E-state index in [4.69, 9.17) is 32.7 Å². The van der Waals surface area contributed by atoms with Crippen LogP contribution in [0.2, 0.25) is 10.0 Å². The summed E-state index contributed by atoms with van der Waals surface area (Å²) in [4.78, 5) is 29.3. The normalized spacial score (nSPS) is 18.4. The lowest BCUT2D eigenvalue weighted by Gasteiger charge is -2.38. The number of morpholine rings is 1. The number of anilines is 2. The van der Waals surface area contributed by atoms with Crippen LogP contribution in [0.15, 0.2) is 42.5 Å². The number of ether oxygens (including phenoxy) is 2. The number of amides is 2. The predicted octanol–water partition coefficient (Wildman–Crippen LogP) is 3.06. The first kappa shape index (κ1) is 20.8. The van der Waals surface area contributed by atoms with Crippen molar-refractivity contribution in [2.45, 2.75) is 6.10 Å². The molecule has 0 aromatic heterocycles. The average Bonchev–Trinajstić information content (AvgIpc) is 2.75. The third-order valence-electron chi connectivity index (χ3n) is 5.00. The van der Waals surface area contributed by atoms with Crippen LogP contribution in [0.25, 0.3) is 0 Å². The lowest BCUT2D eigenvalue weighted by Crippen LogP contribution is -2.53. The highest BCUT2D eigenvalue weighted by Gasteiger charge is 2.34. The molecule has 0 aliphatic carbocycles. The van der Waals surface area contributed by atoms with Crippen LogP contribution >= 0.6 is 23.2 Å². The van der Waals surface area contributed by atoms with Crippen molar-refractivity contribution >= 4 is 46.4 Å². The van der Waals surface area contributed by atoms with E-state index in [0.29, 0.717) is 47.8 Å². The second-order valence-corrected chi connectivity index (χ2v) is 7.91. The number of nitrogens with zero attached hydrogens (tertiary/aromatic N) is 2. The molecule has 0 saturated carbocycles. The highest BCUT2D eigenvalue weighted by Crippen LogP contribution is 2.33. The smallest absolute Gasteiger partial charge is 0.265 e. The number of hydrogen-bond acceptors (Lipinski definition) is 5. The molecule has 0 unspecified atom stereocenters. The molecule has 4 rings (SSSR count). The molecule has 7 nitrogen and oxygen atoms in total. The van der Waals surface area contributed by atoms with Gasteiger partial charge in [0.15, 0.2) is 6.10 Å². The molecule has 1 fully saturated rings. The first-order valence-corrected chi connectivity index (χ1v) is 10.4. The van der Waals surface area contributed by atoms with E-state index < -0.39 is 6.10 Å². The zero-order valence-electron chi connectivity index (χ0n) is 16.1. The zero-order chi connectivity index (χ0) is 21.1. The number of halogens is 2. The van der Waals surface area contributed by atoms with Crippen molar-refractivity contribution in [2.75, 3.05) is 49.6 Å². The summed E-state index contributed by atoms with van der Waals surface area (Å²) in [6.07, 6.45) is -0.690. The first-order chi connectivity index (χ1) is 14.5. The number of carbonyl (C=O) groups is 2. The summed E-state index contributed by atoms with van der Waals surface area (Å²) in [6, 6.07) is 12.3. The molecule has 2 aliphatic heterocycles. The van der Waals surface area contributed by atoms with Gasteiger partial charge < -0.3 is 24.6 Å². The standard InChI is InChI=1S/C21H21Cl2N3O4/c22-14-5-6-16(15(23)11-14)24-20(27)13-26-12-19(21(28)25-7-9-29-10-8-25)30-18-4-2-1-3-17(18)26/h1-6,11,19H,7-10,12-13H2,(H,24,27)/t19-/m1/s1. The van der Waals surface area contributed by atoms with Crippen molar-refractivity contribution in [1.29, 1.82) is 0 Å². The average molecular weight is 450 g/mol. The van der Waals surface area contributed by atoms with Crippen LogP contribution in [-0.4, -0.2) is 62.2 Å². The van der Waals surface area contributed by atoms with Gasteiger partial charge >= 0.3 is 0 Å². The summed E-state index contributed by atoms with van der Waals surface area (Å²) in [7, 11) is 0. The molecule has 30 heavy (non-hydrogen) atoms. The van der Waals surface area contributed by atoms with Crippen molar-refractivity contribution in [3.63, 3.8) is 0 Å². The van der Waals surface area contributed by atoms with Gasteiger partial charge in [-0.2, -0.15) is 0 Å². The molecule has 0 radical (unpaired) electrons. The topological polar surface area (TPSA) is 71.1 Å². The Morgan fingerprint density at radius 3 is 2.63 bits per heavy atom. The molecule has 1 atom stereocenters. The van der Waals surface area contributed by atoms with Crippen LogP contribution in [0.1, 0.15) is 0 Å². The van der Waals surface area contributed by atoms with Crippen LogP contribution < -0.4 is 15.0 Å². The van der Waals surface area contributed by atoms with Crippen LogP contribution in [-0.2, 0) is 14.3 Å². The minimum atomic E-state index is -0.690. The highest BCUT2D eigenvalue weighted by atomic mass is 35.5. The molecule has 1 saturated heterocycles. The van der Waals surface area contributed by atoms with E-state index in [2.05, 4.69) is 5.32 Å². The number of fused-ring (bicyclic) bond motifs is 1. The Hall–Kier alpha value is -2.48. The van der Waals surface area contributed by atoms with E-state index in [-0.39, 0.29) is 24.9 Å². The molecule has 2 aromatic rings. The summed E-state index contributed by atoms with van der Waals surface area (Å²) < 4.78 is 11.3. The summed E-state index contributed by atoms with van der Waals surface area (Å²) in [6.45, 7) is 2.43. The summed E-state index contributed by atoms with van der Waals surface area (Å²) in [5, 5.41) is 3.65. The lowest BCUT2D eigenvalue weighted by molar-refractivity contribution is -0.142. The van der Waals surface area contributed by atoms with Crippen LogP contribution in [0.5, 0.6) is 5.75 Å².